The SMILES string of the molecule is O=C(NCc1cc(-c2ccc3c(c2)OCO3)nc(N2CCc3ccccc3C2)n1)[C@@H]1CCCN1S(=O)(=O)c1ccc(F)cc1. The molecule has 3 aromatic carbocycles. The van der Waals surface area contributed by atoms with Crippen LogP contribution in [0.5, 0.6) is 11.5 Å². The topological polar surface area (TPSA) is 114 Å². The Balaban J connectivity index is 1.15. The Kier molecular flexibility index (Phi) is 7.39. The van der Waals surface area contributed by atoms with Crippen LogP contribution in [0.1, 0.15) is 29.7 Å². The van der Waals surface area contributed by atoms with Crippen LogP contribution in [0.4, 0.5) is 10.3 Å². The van der Waals surface area contributed by atoms with Crippen molar-refractivity contribution in [1.29, 1.82) is 0 Å². The molecule has 1 N–H and O–H groups in total. The highest BCUT2D eigenvalue weighted by molar-refractivity contribution is 7.89. The minimum Gasteiger partial charge on any atom is -0.454 e. The Morgan fingerprint density at radius 1 is 0.955 bits per heavy atom. The van der Waals surface area contributed by atoms with Crippen LogP contribution in [0.3, 0.4) is 0 Å². The van der Waals surface area contributed by atoms with E-state index in [9.17, 15) is 17.6 Å². The third kappa shape index (κ3) is 5.46. The molecule has 1 fully saturated rings. The minimum absolute atomic E-state index is 0.0458. The largest absolute Gasteiger partial charge is 0.454 e. The average molecular weight is 616 g/mol. The summed E-state index contributed by atoms with van der Waals surface area (Å²) in [6, 6.07) is 19.5. The highest BCUT2D eigenvalue weighted by Gasteiger charge is 2.39. The Morgan fingerprint density at radius 2 is 1.75 bits per heavy atom. The molecule has 12 heteroatoms. The number of nitrogens with one attached hydrogen (secondary N) is 1. The molecule has 1 atom stereocenters. The molecule has 3 aliphatic rings. The summed E-state index contributed by atoms with van der Waals surface area (Å²) < 4.78 is 52.3. The average Bonchev–Trinajstić information content (AvgIpc) is 3.74. The number of benzene rings is 3. The number of amides is 1. The lowest BCUT2D eigenvalue weighted by molar-refractivity contribution is -0.124. The highest BCUT2D eigenvalue weighted by Crippen LogP contribution is 2.36. The molecule has 0 spiro atoms. The predicted molar refractivity (Wildman–Crippen MR) is 160 cm³/mol. The molecular weight excluding hydrogens is 585 g/mol. The van der Waals surface area contributed by atoms with Crippen LogP contribution < -0.4 is 19.7 Å². The number of rotatable bonds is 7. The molecule has 1 amide bonds. The normalized spacial score (nSPS) is 17.8. The van der Waals surface area contributed by atoms with Crippen molar-refractivity contribution in [3.05, 3.63) is 95.4 Å². The van der Waals surface area contributed by atoms with E-state index in [1.165, 1.54) is 27.6 Å². The van der Waals surface area contributed by atoms with Gasteiger partial charge in [0.15, 0.2) is 11.5 Å². The summed E-state index contributed by atoms with van der Waals surface area (Å²) >= 11 is 0. The lowest BCUT2D eigenvalue weighted by Gasteiger charge is -2.29. The van der Waals surface area contributed by atoms with Gasteiger partial charge in [-0.15, -0.1) is 0 Å². The Hall–Kier alpha value is -4.55. The van der Waals surface area contributed by atoms with Crippen molar-refractivity contribution in [2.45, 2.75) is 43.3 Å². The summed E-state index contributed by atoms with van der Waals surface area (Å²) in [5.74, 6) is 0.899. The number of nitrogens with zero attached hydrogens (tertiary/aromatic N) is 4. The smallest absolute Gasteiger partial charge is 0.243 e. The summed E-state index contributed by atoms with van der Waals surface area (Å²) in [5.41, 5.74) is 4.59. The molecule has 44 heavy (non-hydrogen) atoms. The number of hydrogen-bond acceptors (Lipinski definition) is 8. The fraction of sp³-hybridized carbons (Fsp3) is 0.281. The van der Waals surface area contributed by atoms with E-state index in [1.54, 1.807) is 0 Å². The molecule has 1 saturated heterocycles. The molecule has 7 rings (SSSR count). The van der Waals surface area contributed by atoms with Gasteiger partial charge in [0.05, 0.1) is 22.8 Å². The molecule has 10 nitrogen and oxygen atoms in total. The summed E-state index contributed by atoms with van der Waals surface area (Å²) in [5, 5.41) is 2.91. The zero-order valence-corrected chi connectivity index (χ0v) is 24.6. The summed E-state index contributed by atoms with van der Waals surface area (Å²) in [4.78, 5) is 25.2. The maximum absolute atomic E-state index is 13.4. The summed E-state index contributed by atoms with van der Waals surface area (Å²) in [7, 11) is -3.97. The Bertz CT molecular complexity index is 1840. The number of carbonyl (C=O) groups excluding carboxylic acids is 1. The third-order valence-corrected chi connectivity index (χ3v) is 10.1. The van der Waals surface area contributed by atoms with Gasteiger partial charge >= 0.3 is 0 Å². The number of fused-ring (bicyclic) bond motifs is 2. The molecular formula is C32H30FN5O5S. The van der Waals surface area contributed by atoms with Crippen LogP contribution in [0, 0.1) is 5.82 Å². The van der Waals surface area contributed by atoms with Gasteiger partial charge in [-0.25, -0.2) is 22.8 Å². The van der Waals surface area contributed by atoms with Crippen molar-refractivity contribution in [2.24, 2.45) is 0 Å². The van der Waals surface area contributed by atoms with Gasteiger partial charge in [-0.05, 0) is 78.9 Å². The van der Waals surface area contributed by atoms with Crippen LogP contribution >= 0.6 is 0 Å². The predicted octanol–water partition coefficient (Wildman–Crippen LogP) is 4.04. The number of carbonyl (C=O) groups is 1. The van der Waals surface area contributed by atoms with Gasteiger partial charge in [0, 0.05) is 25.2 Å². The van der Waals surface area contributed by atoms with E-state index < -0.39 is 27.8 Å². The first-order valence-electron chi connectivity index (χ1n) is 14.5. The second-order valence-corrected chi connectivity index (χ2v) is 12.9. The van der Waals surface area contributed by atoms with Gasteiger partial charge < -0.3 is 19.7 Å². The van der Waals surface area contributed by atoms with E-state index >= 15 is 0 Å². The van der Waals surface area contributed by atoms with Gasteiger partial charge in [0.1, 0.15) is 11.9 Å². The van der Waals surface area contributed by atoms with Crippen molar-refractivity contribution in [1.82, 2.24) is 19.6 Å². The number of sulfonamides is 1. The zero-order valence-electron chi connectivity index (χ0n) is 23.8. The standard InChI is InChI=1S/C32H30FN5O5S/c33-24-8-10-26(11-9-24)44(40,41)38-14-3-6-28(38)31(39)34-18-25-17-27(22-7-12-29-30(16-22)43-20-42-29)36-32(35-25)37-15-13-21-4-1-2-5-23(21)19-37/h1-2,4-5,7-12,16-17,28H,3,6,13-15,18-20H2,(H,34,39)/t28-/m0/s1. The molecule has 0 bridgehead atoms. The molecule has 0 radical (unpaired) electrons. The fourth-order valence-corrected chi connectivity index (χ4v) is 7.57. The van der Waals surface area contributed by atoms with Crippen LogP contribution in [0.15, 0.2) is 77.7 Å². The van der Waals surface area contributed by atoms with Crippen molar-refractivity contribution in [3.63, 3.8) is 0 Å². The quantitative estimate of drug-likeness (QED) is 0.332. The van der Waals surface area contributed by atoms with E-state index in [0.29, 0.717) is 48.2 Å². The van der Waals surface area contributed by atoms with Crippen molar-refractivity contribution in [3.8, 4) is 22.8 Å². The molecule has 1 aromatic heterocycles. The third-order valence-electron chi connectivity index (χ3n) is 8.22. The number of halogens is 1. The molecule has 4 heterocycles. The summed E-state index contributed by atoms with van der Waals surface area (Å²) in [6.07, 6.45) is 1.79. The number of hydrogen-bond donors (Lipinski definition) is 1. The van der Waals surface area contributed by atoms with E-state index in [1.807, 2.05) is 36.4 Å². The van der Waals surface area contributed by atoms with E-state index in [4.69, 9.17) is 19.4 Å². The van der Waals surface area contributed by atoms with Crippen LogP contribution in [-0.4, -0.2) is 54.5 Å². The maximum Gasteiger partial charge on any atom is 0.243 e. The van der Waals surface area contributed by atoms with Gasteiger partial charge in [-0.3, -0.25) is 4.79 Å². The van der Waals surface area contributed by atoms with Crippen LogP contribution in [0.2, 0.25) is 0 Å². The van der Waals surface area contributed by atoms with Gasteiger partial charge in [-0.2, -0.15) is 4.31 Å². The molecule has 3 aliphatic heterocycles. The van der Waals surface area contributed by atoms with Gasteiger partial charge in [0.25, 0.3) is 0 Å². The molecule has 226 valence electrons. The summed E-state index contributed by atoms with van der Waals surface area (Å²) in [6.45, 7) is 1.85. The van der Waals surface area contributed by atoms with Crippen molar-refractivity contribution < 1.29 is 27.1 Å². The second-order valence-electron chi connectivity index (χ2n) is 11.0. The molecule has 4 aromatic rings. The lowest BCUT2D eigenvalue weighted by Crippen LogP contribution is -2.45. The van der Waals surface area contributed by atoms with E-state index in [0.717, 1.165) is 30.7 Å². The van der Waals surface area contributed by atoms with Crippen molar-refractivity contribution in [2.75, 3.05) is 24.8 Å². The minimum atomic E-state index is -3.97. The van der Waals surface area contributed by atoms with E-state index in [2.05, 4.69) is 22.3 Å². The van der Waals surface area contributed by atoms with E-state index in [-0.39, 0.29) is 24.8 Å². The Labute approximate surface area is 254 Å². The first-order chi connectivity index (χ1) is 21.3. The maximum atomic E-state index is 13.4. The molecule has 0 unspecified atom stereocenters. The number of aromatic nitrogens is 2. The zero-order chi connectivity index (χ0) is 30.3. The first kappa shape index (κ1) is 28.2. The van der Waals surface area contributed by atoms with Gasteiger partial charge in [0.2, 0.25) is 28.7 Å². The Morgan fingerprint density at radius 3 is 2.59 bits per heavy atom. The van der Waals surface area contributed by atoms with Crippen molar-refractivity contribution >= 4 is 21.9 Å². The fourth-order valence-electron chi connectivity index (χ4n) is 5.91. The first-order valence-corrected chi connectivity index (χ1v) is 15.9. The van der Waals surface area contributed by atoms with Crippen LogP contribution in [-0.2, 0) is 34.3 Å². The molecule has 0 aliphatic carbocycles. The second kappa shape index (κ2) is 11.5. The lowest BCUT2D eigenvalue weighted by atomic mass is 10.0. The number of ether oxygens (including phenoxy) is 2. The van der Waals surface area contributed by atoms with Crippen LogP contribution in [0.25, 0.3) is 11.3 Å². The monoisotopic (exact) mass is 615 g/mol. The van der Waals surface area contributed by atoms with Gasteiger partial charge in [-0.1, -0.05) is 24.3 Å². The molecule has 0 saturated carbocycles. The number of anilines is 1. The highest BCUT2D eigenvalue weighted by atomic mass is 32.2.